The SMILES string of the molecule is CC(C)(C)C(CCO)NCCc1ccsc1. The van der Waals surface area contributed by atoms with Gasteiger partial charge in [-0.05, 0) is 47.2 Å². The summed E-state index contributed by atoms with van der Waals surface area (Å²) in [7, 11) is 0. The summed E-state index contributed by atoms with van der Waals surface area (Å²) in [5, 5.41) is 16.9. The number of aliphatic hydroxyl groups is 1. The molecule has 1 rings (SSSR count). The molecule has 0 aliphatic rings. The molecule has 0 amide bonds. The van der Waals surface area contributed by atoms with Gasteiger partial charge in [-0.1, -0.05) is 20.8 Å². The summed E-state index contributed by atoms with van der Waals surface area (Å²) in [6.07, 6.45) is 1.90. The Morgan fingerprint density at radius 1 is 1.44 bits per heavy atom. The minimum Gasteiger partial charge on any atom is -0.396 e. The maximum Gasteiger partial charge on any atom is 0.0446 e. The van der Waals surface area contributed by atoms with E-state index < -0.39 is 0 Å². The maximum atomic E-state index is 9.04. The molecule has 0 spiro atoms. The molecule has 1 heterocycles. The van der Waals surface area contributed by atoms with Crippen LogP contribution < -0.4 is 5.32 Å². The highest BCUT2D eigenvalue weighted by Gasteiger charge is 2.23. The summed E-state index contributed by atoms with van der Waals surface area (Å²) in [5.74, 6) is 0. The van der Waals surface area contributed by atoms with Gasteiger partial charge in [0.05, 0.1) is 0 Å². The number of nitrogens with one attached hydrogen (secondary N) is 1. The molecular formula is C13H23NOS. The van der Waals surface area contributed by atoms with Crippen molar-refractivity contribution in [2.75, 3.05) is 13.2 Å². The fourth-order valence-electron chi connectivity index (χ4n) is 1.80. The molecule has 16 heavy (non-hydrogen) atoms. The molecule has 0 aliphatic carbocycles. The molecule has 0 bridgehead atoms. The molecule has 0 aromatic carbocycles. The van der Waals surface area contributed by atoms with E-state index >= 15 is 0 Å². The molecule has 92 valence electrons. The van der Waals surface area contributed by atoms with E-state index in [0.717, 1.165) is 19.4 Å². The fourth-order valence-corrected chi connectivity index (χ4v) is 2.50. The second kappa shape index (κ2) is 6.38. The largest absolute Gasteiger partial charge is 0.396 e. The first-order valence-electron chi connectivity index (χ1n) is 5.89. The van der Waals surface area contributed by atoms with E-state index in [1.165, 1.54) is 5.56 Å². The van der Waals surface area contributed by atoms with Gasteiger partial charge in [0.2, 0.25) is 0 Å². The van der Waals surface area contributed by atoms with Crippen molar-refractivity contribution in [3.05, 3.63) is 22.4 Å². The summed E-state index contributed by atoms with van der Waals surface area (Å²) in [4.78, 5) is 0. The lowest BCUT2D eigenvalue weighted by Gasteiger charge is -2.31. The number of rotatable bonds is 6. The van der Waals surface area contributed by atoms with Crippen LogP contribution in [-0.4, -0.2) is 24.3 Å². The molecule has 0 aliphatic heterocycles. The maximum absolute atomic E-state index is 9.04. The molecule has 1 unspecified atom stereocenters. The van der Waals surface area contributed by atoms with E-state index in [4.69, 9.17) is 5.11 Å². The predicted octanol–water partition coefficient (Wildman–Crippen LogP) is 2.68. The summed E-state index contributed by atoms with van der Waals surface area (Å²) < 4.78 is 0. The molecule has 0 fully saturated rings. The lowest BCUT2D eigenvalue weighted by Crippen LogP contribution is -2.41. The monoisotopic (exact) mass is 241 g/mol. The molecule has 1 aromatic heterocycles. The van der Waals surface area contributed by atoms with Crippen molar-refractivity contribution in [2.24, 2.45) is 5.41 Å². The van der Waals surface area contributed by atoms with Crippen molar-refractivity contribution in [1.29, 1.82) is 0 Å². The van der Waals surface area contributed by atoms with Gasteiger partial charge in [0.1, 0.15) is 0 Å². The van der Waals surface area contributed by atoms with Gasteiger partial charge in [0, 0.05) is 12.6 Å². The van der Waals surface area contributed by atoms with Crippen molar-refractivity contribution < 1.29 is 5.11 Å². The van der Waals surface area contributed by atoms with Crippen molar-refractivity contribution in [2.45, 2.75) is 39.7 Å². The third kappa shape index (κ3) is 4.64. The second-order valence-corrected chi connectivity index (χ2v) is 6.05. The van der Waals surface area contributed by atoms with Crippen molar-refractivity contribution in [3.63, 3.8) is 0 Å². The number of aliphatic hydroxyl groups excluding tert-OH is 1. The third-order valence-corrected chi connectivity index (χ3v) is 3.58. The lowest BCUT2D eigenvalue weighted by molar-refractivity contribution is 0.198. The average Bonchev–Trinajstić information content (AvgIpc) is 2.67. The number of hydrogen-bond acceptors (Lipinski definition) is 3. The predicted molar refractivity (Wildman–Crippen MR) is 71.0 cm³/mol. The standard InChI is InChI=1S/C13H23NOS/c1-13(2,3)12(5-8-15)14-7-4-11-6-9-16-10-11/h6,9-10,12,14-15H,4-5,7-8H2,1-3H3. The van der Waals surface area contributed by atoms with E-state index in [-0.39, 0.29) is 12.0 Å². The van der Waals surface area contributed by atoms with Gasteiger partial charge < -0.3 is 10.4 Å². The van der Waals surface area contributed by atoms with Crippen molar-refractivity contribution >= 4 is 11.3 Å². The summed E-state index contributed by atoms with van der Waals surface area (Å²) >= 11 is 1.75. The second-order valence-electron chi connectivity index (χ2n) is 5.27. The fraction of sp³-hybridized carbons (Fsp3) is 0.692. The summed E-state index contributed by atoms with van der Waals surface area (Å²) in [5.41, 5.74) is 1.60. The molecule has 2 N–H and O–H groups in total. The van der Waals surface area contributed by atoms with E-state index in [0.29, 0.717) is 6.04 Å². The number of hydrogen-bond donors (Lipinski definition) is 2. The van der Waals surface area contributed by atoms with Crippen LogP contribution in [0.15, 0.2) is 16.8 Å². The molecule has 2 nitrogen and oxygen atoms in total. The van der Waals surface area contributed by atoms with E-state index in [1.54, 1.807) is 11.3 Å². The van der Waals surface area contributed by atoms with Crippen LogP contribution in [-0.2, 0) is 6.42 Å². The van der Waals surface area contributed by atoms with Crippen molar-refractivity contribution in [3.8, 4) is 0 Å². The quantitative estimate of drug-likeness (QED) is 0.802. The van der Waals surface area contributed by atoms with Gasteiger partial charge in [-0.2, -0.15) is 11.3 Å². The smallest absolute Gasteiger partial charge is 0.0446 e. The molecule has 3 heteroatoms. The zero-order valence-electron chi connectivity index (χ0n) is 10.5. The average molecular weight is 241 g/mol. The highest BCUT2D eigenvalue weighted by atomic mass is 32.1. The Hall–Kier alpha value is -0.380. The zero-order valence-corrected chi connectivity index (χ0v) is 11.3. The van der Waals surface area contributed by atoms with E-state index in [9.17, 15) is 0 Å². The van der Waals surface area contributed by atoms with Gasteiger partial charge in [-0.25, -0.2) is 0 Å². The molecule has 0 saturated heterocycles. The molecule has 0 radical (unpaired) electrons. The van der Waals surface area contributed by atoms with Gasteiger partial charge >= 0.3 is 0 Å². The Morgan fingerprint density at radius 3 is 2.69 bits per heavy atom. The topological polar surface area (TPSA) is 32.3 Å². The van der Waals surface area contributed by atoms with Crippen LogP contribution >= 0.6 is 11.3 Å². The van der Waals surface area contributed by atoms with Gasteiger partial charge in [0.15, 0.2) is 0 Å². The van der Waals surface area contributed by atoms with Crippen LogP contribution in [0.4, 0.5) is 0 Å². The Bertz CT molecular complexity index is 277. The Kier molecular flexibility index (Phi) is 5.46. The Labute approximate surface area is 103 Å². The third-order valence-electron chi connectivity index (χ3n) is 2.85. The van der Waals surface area contributed by atoms with Gasteiger partial charge in [0.25, 0.3) is 0 Å². The van der Waals surface area contributed by atoms with Crippen LogP contribution in [0.3, 0.4) is 0 Å². The Balaban J connectivity index is 2.33. The zero-order chi connectivity index (χ0) is 12.0. The lowest BCUT2D eigenvalue weighted by atomic mass is 9.85. The highest BCUT2D eigenvalue weighted by Crippen LogP contribution is 2.21. The van der Waals surface area contributed by atoms with E-state index in [1.807, 2.05) is 0 Å². The van der Waals surface area contributed by atoms with Gasteiger partial charge in [-0.3, -0.25) is 0 Å². The molecule has 0 saturated carbocycles. The molecule has 1 aromatic rings. The first kappa shape index (κ1) is 13.7. The van der Waals surface area contributed by atoms with Crippen LogP contribution in [0.5, 0.6) is 0 Å². The minimum atomic E-state index is 0.206. The van der Waals surface area contributed by atoms with E-state index in [2.05, 4.69) is 42.9 Å². The molecular weight excluding hydrogens is 218 g/mol. The first-order chi connectivity index (χ1) is 7.54. The van der Waals surface area contributed by atoms with Crippen LogP contribution in [0.1, 0.15) is 32.8 Å². The summed E-state index contributed by atoms with van der Waals surface area (Å²) in [6.45, 7) is 7.88. The first-order valence-corrected chi connectivity index (χ1v) is 6.83. The van der Waals surface area contributed by atoms with Gasteiger partial charge in [-0.15, -0.1) is 0 Å². The van der Waals surface area contributed by atoms with Crippen molar-refractivity contribution in [1.82, 2.24) is 5.32 Å². The van der Waals surface area contributed by atoms with Crippen LogP contribution in [0.2, 0.25) is 0 Å². The number of thiophene rings is 1. The molecule has 1 atom stereocenters. The van der Waals surface area contributed by atoms with Crippen LogP contribution in [0.25, 0.3) is 0 Å². The van der Waals surface area contributed by atoms with Crippen LogP contribution in [0, 0.1) is 5.41 Å². The summed E-state index contributed by atoms with van der Waals surface area (Å²) in [6, 6.07) is 2.56. The minimum absolute atomic E-state index is 0.206. The Morgan fingerprint density at radius 2 is 2.19 bits per heavy atom. The highest BCUT2D eigenvalue weighted by molar-refractivity contribution is 7.07. The normalized spacial score (nSPS) is 14.0.